The molecular formula is C23H31N3O3S. The molecule has 0 aromatic heterocycles. The van der Waals surface area contributed by atoms with Gasteiger partial charge in [-0.15, -0.1) is 0 Å². The second-order valence-corrected chi connectivity index (χ2v) is 9.62. The van der Waals surface area contributed by atoms with Crippen molar-refractivity contribution in [3.8, 4) is 0 Å². The molecule has 1 heterocycles. The van der Waals surface area contributed by atoms with Crippen LogP contribution in [0.3, 0.4) is 0 Å². The van der Waals surface area contributed by atoms with Crippen molar-refractivity contribution < 1.29 is 13.2 Å². The van der Waals surface area contributed by atoms with Crippen molar-refractivity contribution in [3.63, 3.8) is 0 Å². The van der Waals surface area contributed by atoms with Crippen LogP contribution in [0.1, 0.15) is 48.5 Å². The van der Waals surface area contributed by atoms with Gasteiger partial charge in [-0.2, -0.15) is 0 Å². The van der Waals surface area contributed by atoms with Gasteiger partial charge in [-0.05, 0) is 69.1 Å². The minimum Gasteiger partial charge on any atom is -0.349 e. The van der Waals surface area contributed by atoms with Crippen molar-refractivity contribution in [2.75, 3.05) is 24.4 Å². The van der Waals surface area contributed by atoms with Crippen molar-refractivity contribution in [1.82, 2.24) is 10.2 Å². The number of carbonyl (C=O) groups excluding carboxylic acids is 1. The Morgan fingerprint density at radius 1 is 1.03 bits per heavy atom. The molecule has 1 saturated heterocycles. The molecule has 3 rings (SSSR count). The smallest absolute Gasteiger partial charge is 0.261 e. The van der Waals surface area contributed by atoms with E-state index in [1.54, 1.807) is 24.3 Å². The number of piperidine rings is 1. The van der Waals surface area contributed by atoms with Gasteiger partial charge in [0.15, 0.2) is 0 Å². The number of anilines is 1. The molecule has 1 aliphatic heterocycles. The van der Waals surface area contributed by atoms with Crippen molar-refractivity contribution in [2.24, 2.45) is 0 Å². The monoisotopic (exact) mass is 429 g/mol. The number of carbonyl (C=O) groups is 1. The van der Waals surface area contributed by atoms with Crippen molar-refractivity contribution in [1.29, 1.82) is 0 Å². The summed E-state index contributed by atoms with van der Waals surface area (Å²) in [6.45, 7) is 7.28. The molecule has 0 spiro atoms. The van der Waals surface area contributed by atoms with Gasteiger partial charge in [-0.3, -0.25) is 9.52 Å². The number of likely N-dealkylation sites (tertiary alicyclic amines) is 1. The van der Waals surface area contributed by atoms with Crippen LogP contribution in [0.5, 0.6) is 0 Å². The largest absolute Gasteiger partial charge is 0.349 e. The molecule has 2 N–H and O–H groups in total. The second-order valence-electron chi connectivity index (χ2n) is 7.94. The molecule has 2 aromatic rings. The Labute approximate surface area is 179 Å². The number of amides is 1. The molecule has 7 heteroatoms. The Bertz CT molecular complexity index is 933. The SMILES string of the molecule is CCCCN1CCC(NC(=O)c2ccc(S(=O)(=O)Nc3ccc(C)cc3)cc2)CC1. The summed E-state index contributed by atoms with van der Waals surface area (Å²) in [4.78, 5) is 15.1. The number of rotatable bonds is 8. The average molecular weight is 430 g/mol. The van der Waals surface area contributed by atoms with E-state index < -0.39 is 10.0 Å². The molecular weight excluding hydrogens is 398 g/mol. The van der Waals surface area contributed by atoms with Gasteiger partial charge in [0.05, 0.1) is 4.90 Å². The van der Waals surface area contributed by atoms with E-state index in [9.17, 15) is 13.2 Å². The number of benzene rings is 2. The maximum absolute atomic E-state index is 12.6. The van der Waals surface area contributed by atoms with Crippen LogP contribution in [0.15, 0.2) is 53.4 Å². The average Bonchev–Trinajstić information content (AvgIpc) is 2.75. The van der Waals surface area contributed by atoms with Crippen LogP contribution < -0.4 is 10.0 Å². The van der Waals surface area contributed by atoms with Gasteiger partial charge in [0, 0.05) is 30.4 Å². The summed E-state index contributed by atoms with van der Waals surface area (Å²) in [6.07, 6.45) is 4.30. The molecule has 1 fully saturated rings. The molecule has 1 amide bonds. The molecule has 1 aliphatic rings. The fraction of sp³-hybridized carbons (Fsp3) is 0.435. The second kappa shape index (κ2) is 10.1. The maximum atomic E-state index is 12.6. The summed E-state index contributed by atoms with van der Waals surface area (Å²) in [6, 6.07) is 13.4. The first-order chi connectivity index (χ1) is 14.4. The number of hydrogen-bond donors (Lipinski definition) is 2. The van der Waals surface area contributed by atoms with Gasteiger partial charge in [-0.25, -0.2) is 8.42 Å². The highest BCUT2D eigenvalue weighted by Gasteiger charge is 2.21. The summed E-state index contributed by atoms with van der Waals surface area (Å²) in [5, 5.41) is 3.08. The van der Waals surface area contributed by atoms with Crippen LogP contribution in [-0.2, 0) is 10.0 Å². The Morgan fingerprint density at radius 3 is 2.27 bits per heavy atom. The van der Waals surface area contributed by atoms with Crippen LogP contribution in [0.2, 0.25) is 0 Å². The van der Waals surface area contributed by atoms with Gasteiger partial charge >= 0.3 is 0 Å². The summed E-state index contributed by atoms with van der Waals surface area (Å²) in [7, 11) is -3.70. The number of hydrogen-bond acceptors (Lipinski definition) is 4. The lowest BCUT2D eigenvalue weighted by Crippen LogP contribution is -2.44. The zero-order valence-corrected chi connectivity index (χ0v) is 18.5. The molecule has 162 valence electrons. The van der Waals surface area contributed by atoms with E-state index in [0.717, 1.165) is 38.0 Å². The van der Waals surface area contributed by atoms with E-state index in [1.807, 2.05) is 19.1 Å². The molecule has 0 radical (unpaired) electrons. The van der Waals surface area contributed by atoms with Gasteiger partial charge in [-0.1, -0.05) is 31.0 Å². The van der Waals surface area contributed by atoms with Crippen LogP contribution in [0.4, 0.5) is 5.69 Å². The number of aryl methyl sites for hydroxylation is 1. The fourth-order valence-corrected chi connectivity index (χ4v) is 4.63. The third-order valence-electron chi connectivity index (χ3n) is 5.48. The van der Waals surface area contributed by atoms with Gasteiger partial charge in [0.1, 0.15) is 0 Å². The first kappa shape index (κ1) is 22.3. The number of nitrogens with zero attached hydrogens (tertiary/aromatic N) is 1. The maximum Gasteiger partial charge on any atom is 0.261 e. The Morgan fingerprint density at radius 2 is 1.67 bits per heavy atom. The van der Waals surface area contributed by atoms with Gasteiger partial charge < -0.3 is 10.2 Å². The highest BCUT2D eigenvalue weighted by atomic mass is 32.2. The Hall–Kier alpha value is -2.38. The molecule has 30 heavy (non-hydrogen) atoms. The van der Waals surface area contributed by atoms with E-state index in [4.69, 9.17) is 0 Å². The standard InChI is InChI=1S/C23H31N3O3S/c1-3-4-15-26-16-13-20(14-17-26)24-23(27)19-7-11-22(12-8-19)30(28,29)25-21-9-5-18(2)6-10-21/h5-12,20,25H,3-4,13-17H2,1-2H3,(H,24,27). The Balaban J connectivity index is 1.56. The van der Waals surface area contributed by atoms with Crippen molar-refractivity contribution in [3.05, 3.63) is 59.7 Å². The minimum atomic E-state index is -3.70. The highest BCUT2D eigenvalue weighted by molar-refractivity contribution is 7.92. The molecule has 0 bridgehead atoms. The third-order valence-corrected chi connectivity index (χ3v) is 6.88. The first-order valence-corrected chi connectivity index (χ1v) is 12.1. The van der Waals surface area contributed by atoms with E-state index in [0.29, 0.717) is 11.3 Å². The summed E-state index contributed by atoms with van der Waals surface area (Å²) in [5.74, 6) is -0.155. The fourth-order valence-electron chi connectivity index (χ4n) is 3.57. The zero-order valence-electron chi connectivity index (χ0n) is 17.7. The lowest BCUT2D eigenvalue weighted by atomic mass is 10.0. The van der Waals surface area contributed by atoms with E-state index in [1.165, 1.54) is 25.0 Å². The summed E-state index contributed by atoms with van der Waals surface area (Å²) in [5.41, 5.74) is 2.03. The molecule has 0 aliphatic carbocycles. The first-order valence-electron chi connectivity index (χ1n) is 10.6. The number of unbranched alkanes of at least 4 members (excludes halogenated alkanes) is 1. The van der Waals surface area contributed by atoms with E-state index in [2.05, 4.69) is 21.9 Å². The van der Waals surface area contributed by atoms with Crippen LogP contribution in [0, 0.1) is 6.92 Å². The predicted octanol–water partition coefficient (Wildman–Crippen LogP) is 3.79. The van der Waals surface area contributed by atoms with Crippen LogP contribution in [0.25, 0.3) is 0 Å². The minimum absolute atomic E-state index is 0.129. The van der Waals surface area contributed by atoms with E-state index in [-0.39, 0.29) is 16.8 Å². The summed E-state index contributed by atoms with van der Waals surface area (Å²) >= 11 is 0. The molecule has 0 atom stereocenters. The van der Waals surface area contributed by atoms with Gasteiger partial charge in [0.25, 0.3) is 15.9 Å². The van der Waals surface area contributed by atoms with E-state index >= 15 is 0 Å². The Kier molecular flexibility index (Phi) is 7.50. The molecule has 2 aromatic carbocycles. The highest BCUT2D eigenvalue weighted by Crippen LogP contribution is 2.18. The molecule has 0 saturated carbocycles. The normalized spacial score (nSPS) is 15.7. The quantitative estimate of drug-likeness (QED) is 0.669. The lowest BCUT2D eigenvalue weighted by molar-refractivity contribution is 0.0910. The predicted molar refractivity (Wildman–Crippen MR) is 120 cm³/mol. The van der Waals surface area contributed by atoms with Crippen molar-refractivity contribution >= 4 is 21.6 Å². The van der Waals surface area contributed by atoms with Crippen LogP contribution in [-0.4, -0.2) is 44.9 Å². The number of sulfonamides is 1. The van der Waals surface area contributed by atoms with Crippen LogP contribution >= 0.6 is 0 Å². The lowest BCUT2D eigenvalue weighted by Gasteiger charge is -2.32. The molecule has 0 unspecified atom stereocenters. The molecule has 6 nitrogen and oxygen atoms in total. The van der Waals surface area contributed by atoms with Gasteiger partial charge in [0.2, 0.25) is 0 Å². The number of nitrogens with one attached hydrogen (secondary N) is 2. The zero-order chi connectivity index (χ0) is 21.6. The third kappa shape index (κ3) is 6.06. The topological polar surface area (TPSA) is 78.5 Å². The summed E-state index contributed by atoms with van der Waals surface area (Å²) < 4.78 is 27.7. The van der Waals surface area contributed by atoms with Crippen molar-refractivity contribution in [2.45, 2.75) is 50.5 Å².